The molecule has 10 heteroatoms. The van der Waals surface area contributed by atoms with Crippen molar-refractivity contribution in [1.29, 1.82) is 0 Å². The Kier molecular flexibility index (Phi) is 7.81. The van der Waals surface area contributed by atoms with Crippen LogP contribution in [0.5, 0.6) is 0 Å². The Morgan fingerprint density at radius 3 is 2.37 bits per heavy atom. The SMILES string of the molecule is Cn1cc2cc(NC(=O)c3cccc(N4CCCC4)n3)c(N3CCCCC3)cc2n1.NCC(=O)O. The molecule has 0 aliphatic carbocycles. The van der Waals surface area contributed by atoms with Gasteiger partial charge < -0.3 is 26.0 Å². The Balaban J connectivity index is 0.000000527. The maximum absolute atomic E-state index is 13.1. The minimum atomic E-state index is -0.968. The number of aliphatic carboxylic acids is 1. The Bertz CT molecular complexity index is 1180. The molecule has 1 amide bonds. The topological polar surface area (TPSA) is 130 Å². The number of carboxylic acid groups (broad SMARTS) is 1. The highest BCUT2D eigenvalue weighted by atomic mass is 16.4. The molecule has 4 heterocycles. The summed E-state index contributed by atoms with van der Waals surface area (Å²) >= 11 is 0. The monoisotopic (exact) mass is 479 g/mol. The molecule has 0 saturated carbocycles. The van der Waals surface area contributed by atoms with E-state index in [1.807, 2.05) is 36.1 Å². The second-order valence-electron chi connectivity index (χ2n) is 8.91. The highest BCUT2D eigenvalue weighted by Gasteiger charge is 2.20. The summed E-state index contributed by atoms with van der Waals surface area (Å²) in [5.74, 6) is -0.248. The third-order valence-electron chi connectivity index (χ3n) is 6.25. The predicted molar refractivity (Wildman–Crippen MR) is 137 cm³/mol. The van der Waals surface area contributed by atoms with Crippen molar-refractivity contribution in [1.82, 2.24) is 14.8 Å². The third kappa shape index (κ3) is 6.07. The number of benzene rings is 1. The molecule has 0 spiro atoms. The quantitative estimate of drug-likeness (QED) is 0.509. The van der Waals surface area contributed by atoms with Crippen molar-refractivity contribution in [3.8, 4) is 0 Å². The predicted octanol–water partition coefficient (Wildman–Crippen LogP) is 2.84. The molecule has 5 rings (SSSR count). The van der Waals surface area contributed by atoms with Gasteiger partial charge in [-0.2, -0.15) is 5.10 Å². The number of hydrogen-bond donors (Lipinski definition) is 3. The van der Waals surface area contributed by atoms with Crippen molar-refractivity contribution in [2.24, 2.45) is 12.8 Å². The van der Waals surface area contributed by atoms with Crippen LogP contribution in [0.3, 0.4) is 0 Å². The smallest absolute Gasteiger partial charge is 0.317 e. The number of carboxylic acids is 1. The molecule has 186 valence electrons. The van der Waals surface area contributed by atoms with Crippen LogP contribution < -0.4 is 20.9 Å². The van der Waals surface area contributed by atoms with E-state index in [9.17, 15) is 9.59 Å². The van der Waals surface area contributed by atoms with Gasteiger partial charge in [0, 0.05) is 44.8 Å². The number of aryl methyl sites for hydroxylation is 1. The van der Waals surface area contributed by atoms with Gasteiger partial charge in [0.2, 0.25) is 0 Å². The van der Waals surface area contributed by atoms with Crippen LogP contribution in [0, 0.1) is 0 Å². The Labute approximate surface area is 204 Å². The van der Waals surface area contributed by atoms with E-state index in [4.69, 9.17) is 5.11 Å². The molecule has 0 bridgehead atoms. The first-order valence-corrected chi connectivity index (χ1v) is 12.1. The van der Waals surface area contributed by atoms with Crippen molar-refractivity contribution < 1.29 is 14.7 Å². The number of anilines is 3. The summed E-state index contributed by atoms with van der Waals surface area (Å²) in [7, 11) is 1.92. The Morgan fingerprint density at radius 1 is 1.03 bits per heavy atom. The summed E-state index contributed by atoms with van der Waals surface area (Å²) in [4.78, 5) is 31.6. The number of piperidine rings is 1. The molecule has 2 aliphatic rings. The maximum atomic E-state index is 13.1. The molecule has 1 aromatic carbocycles. The first-order valence-electron chi connectivity index (χ1n) is 12.1. The zero-order valence-electron chi connectivity index (χ0n) is 20.1. The Morgan fingerprint density at radius 2 is 1.69 bits per heavy atom. The third-order valence-corrected chi connectivity index (χ3v) is 6.25. The Hall–Kier alpha value is -3.66. The minimum Gasteiger partial charge on any atom is -0.480 e. The fraction of sp³-hybridized carbons (Fsp3) is 0.440. The molecule has 4 N–H and O–H groups in total. The largest absolute Gasteiger partial charge is 0.480 e. The van der Waals surface area contributed by atoms with Crippen LogP contribution in [0.15, 0.2) is 36.5 Å². The van der Waals surface area contributed by atoms with Crippen LogP contribution in [-0.4, -0.2) is 64.5 Å². The lowest BCUT2D eigenvalue weighted by Crippen LogP contribution is -2.30. The van der Waals surface area contributed by atoms with Crippen LogP contribution >= 0.6 is 0 Å². The normalized spacial score (nSPS) is 15.6. The maximum Gasteiger partial charge on any atom is 0.317 e. The van der Waals surface area contributed by atoms with Gasteiger partial charge in [-0.05, 0) is 56.4 Å². The summed E-state index contributed by atoms with van der Waals surface area (Å²) in [6.07, 6.45) is 7.96. The molecule has 2 aliphatic heterocycles. The number of nitrogens with one attached hydrogen (secondary N) is 1. The molecule has 2 fully saturated rings. The number of carbonyl (C=O) groups is 2. The van der Waals surface area contributed by atoms with E-state index in [0.717, 1.165) is 54.3 Å². The minimum absolute atomic E-state index is 0.169. The van der Waals surface area contributed by atoms with Crippen molar-refractivity contribution >= 4 is 40.0 Å². The number of pyridine rings is 1. The van der Waals surface area contributed by atoms with E-state index in [2.05, 4.69) is 37.0 Å². The molecule has 0 atom stereocenters. The number of nitrogens with zero attached hydrogens (tertiary/aromatic N) is 5. The highest BCUT2D eigenvalue weighted by molar-refractivity contribution is 6.06. The van der Waals surface area contributed by atoms with Gasteiger partial charge >= 0.3 is 5.97 Å². The summed E-state index contributed by atoms with van der Waals surface area (Å²) in [6, 6.07) is 9.84. The van der Waals surface area contributed by atoms with Crippen LogP contribution in [0.1, 0.15) is 42.6 Å². The summed E-state index contributed by atoms with van der Waals surface area (Å²) in [5, 5.41) is 16.3. The molecule has 3 aromatic rings. The number of rotatable bonds is 5. The van der Waals surface area contributed by atoms with E-state index in [0.29, 0.717) is 5.69 Å². The van der Waals surface area contributed by atoms with E-state index in [1.165, 1.54) is 32.1 Å². The molecule has 0 unspecified atom stereocenters. The zero-order valence-corrected chi connectivity index (χ0v) is 20.1. The molecule has 0 radical (unpaired) electrons. The van der Waals surface area contributed by atoms with Gasteiger partial charge in [0.05, 0.1) is 23.4 Å². The molecule has 2 aromatic heterocycles. The number of carbonyl (C=O) groups excluding carboxylic acids is 1. The zero-order chi connectivity index (χ0) is 24.8. The van der Waals surface area contributed by atoms with Gasteiger partial charge in [-0.1, -0.05) is 6.07 Å². The standard InChI is InChI=1S/C23H28N6O.C2H5NO2/c1-27-16-17-14-20(21(15-19(17)26-27)28-10-3-2-4-11-28)25-23(30)18-8-7-9-22(24-18)29-12-5-6-13-29;3-1-2(4)5/h7-9,14-16H,2-6,10-13H2,1H3,(H,25,30);1,3H2,(H,4,5). The van der Waals surface area contributed by atoms with Gasteiger partial charge in [0.25, 0.3) is 5.91 Å². The molecular formula is C25H33N7O3. The number of hydrogen-bond acceptors (Lipinski definition) is 7. The molecule has 35 heavy (non-hydrogen) atoms. The number of amides is 1. The summed E-state index contributed by atoms with van der Waals surface area (Å²) < 4.78 is 1.82. The fourth-order valence-electron chi connectivity index (χ4n) is 4.54. The number of aromatic nitrogens is 3. The van der Waals surface area contributed by atoms with E-state index < -0.39 is 5.97 Å². The average Bonchev–Trinajstić information content (AvgIpc) is 3.53. The van der Waals surface area contributed by atoms with Crippen molar-refractivity contribution in [2.45, 2.75) is 32.1 Å². The lowest BCUT2D eigenvalue weighted by Gasteiger charge is -2.30. The summed E-state index contributed by atoms with van der Waals surface area (Å²) in [5.41, 5.74) is 7.85. The van der Waals surface area contributed by atoms with Crippen molar-refractivity contribution in [2.75, 3.05) is 47.8 Å². The van der Waals surface area contributed by atoms with Gasteiger partial charge in [-0.25, -0.2) is 4.98 Å². The van der Waals surface area contributed by atoms with Crippen LogP contribution in [0.25, 0.3) is 10.9 Å². The van der Waals surface area contributed by atoms with Crippen molar-refractivity contribution in [3.05, 3.63) is 42.2 Å². The molecule has 2 saturated heterocycles. The van der Waals surface area contributed by atoms with E-state index >= 15 is 0 Å². The number of fused-ring (bicyclic) bond motifs is 1. The van der Waals surface area contributed by atoms with Gasteiger partial charge in [-0.3, -0.25) is 14.3 Å². The van der Waals surface area contributed by atoms with Crippen LogP contribution in [0.4, 0.5) is 17.2 Å². The molecule has 10 nitrogen and oxygen atoms in total. The first-order chi connectivity index (χ1) is 16.9. The van der Waals surface area contributed by atoms with Crippen LogP contribution in [0.2, 0.25) is 0 Å². The summed E-state index contributed by atoms with van der Waals surface area (Å²) in [6.45, 7) is 3.75. The highest BCUT2D eigenvalue weighted by Crippen LogP contribution is 2.33. The van der Waals surface area contributed by atoms with Crippen molar-refractivity contribution in [3.63, 3.8) is 0 Å². The number of nitrogens with two attached hydrogens (primary N) is 1. The average molecular weight is 480 g/mol. The second-order valence-corrected chi connectivity index (χ2v) is 8.91. The van der Waals surface area contributed by atoms with Gasteiger partial charge in [-0.15, -0.1) is 0 Å². The van der Waals surface area contributed by atoms with Gasteiger partial charge in [0.1, 0.15) is 11.5 Å². The van der Waals surface area contributed by atoms with Gasteiger partial charge in [0.15, 0.2) is 0 Å². The fourth-order valence-corrected chi connectivity index (χ4v) is 4.54. The lowest BCUT2D eigenvalue weighted by molar-refractivity contribution is -0.135. The lowest BCUT2D eigenvalue weighted by atomic mass is 10.1. The molecular weight excluding hydrogens is 446 g/mol. The first kappa shape index (κ1) is 24.5. The van der Waals surface area contributed by atoms with E-state index in [1.54, 1.807) is 6.07 Å². The second kappa shape index (κ2) is 11.2. The van der Waals surface area contributed by atoms with Crippen LogP contribution in [-0.2, 0) is 11.8 Å². The van der Waals surface area contributed by atoms with E-state index in [-0.39, 0.29) is 12.5 Å².